The molecule has 0 aromatic carbocycles. The molecule has 0 radical (unpaired) electrons. The Balaban J connectivity index is 0. The first-order valence-corrected chi connectivity index (χ1v) is 5.72. The highest BCUT2D eigenvalue weighted by Crippen LogP contribution is 1.89. The van der Waals surface area contributed by atoms with Gasteiger partial charge in [-0.25, -0.2) is 4.98 Å². The summed E-state index contributed by atoms with van der Waals surface area (Å²) in [5.41, 5.74) is 10.3. The topological polar surface area (TPSA) is 91.2 Å². The molecule has 5 nitrogen and oxygen atoms in total. The number of ether oxygens (including phenoxy) is 1. The van der Waals surface area contributed by atoms with E-state index in [-0.39, 0.29) is 5.97 Å². The van der Waals surface area contributed by atoms with E-state index in [1.165, 1.54) is 0 Å². The average molecular weight is 241 g/mol. The second-order valence-corrected chi connectivity index (χ2v) is 2.60. The molecule has 17 heavy (non-hydrogen) atoms. The first-order chi connectivity index (χ1) is 8.20. The van der Waals surface area contributed by atoms with Crippen molar-refractivity contribution in [1.82, 2.24) is 4.98 Å². The van der Waals surface area contributed by atoms with E-state index in [1.54, 1.807) is 19.2 Å². The van der Waals surface area contributed by atoms with Gasteiger partial charge in [0.25, 0.3) is 0 Å². The van der Waals surface area contributed by atoms with Gasteiger partial charge in [-0.3, -0.25) is 4.79 Å². The molecule has 0 aliphatic carbocycles. The standard InChI is InChI=1S/C5H6N2.C5H11NO2.C2H6/c6-5-3-1-2-4-7-5;1-2-8-5(7)3-4-6;1-2/h1-4H,(H2,6,7);2-4,6H2,1H3;1-2H3. The fraction of sp³-hybridized carbons (Fsp3) is 0.500. The lowest BCUT2D eigenvalue weighted by atomic mass is 10.4. The third-order valence-electron chi connectivity index (χ3n) is 1.34. The van der Waals surface area contributed by atoms with Crippen LogP contribution in [0, 0.1) is 0 Å². The molecule has 1 aromatic heterocycles. The molecule has 0 aliphatic heterocycles. The molecule has 0 saturated carbocycles. The van der Waals surface area contributed by atoms with E-state index in [4.69, 9.17) is 11.5 Å². The zero-order chi connectivity index (χ0) is 13.5. The smallest absolute Gasteiger partial charge is 0.307 e. The van der Waals surface area contributed by atoms with E-state index >= 15 is 0 Å². The van der Waals surface area contributed by atoms with Crippen LogP contribution < -0.4 is 11.5 Å². The molecule has 0 fully saturated rings. The van der Waals surface area contributed by atoms with Crippen molar-refractivity contribution in [2.75, 3.05) is 18.9 Å². The molecule has 0 saturated heterocycles. The van der Waals surface area contributed by atoms with Gasteiger partial charge < -0.3 is 16.2 Å². The van der Waals surface area contributed by atoms with Gasteiger partial charge in [-0.1, -0.05) is 19.9 Å². The number of hydrogen-bond donors (Lipinski definition) is 2. The van der Waals surface area contributed by atoms with Gasteiger partial charge in [-0.2, -0.15) is 0 Å². The van der Waals surface area contributed by atoms with Gasteiger partial charge in [0, 0.05) is 12.7 Å². The number of hydrogen-bond acceptors (Lipinski definition) is 5. The maximum absolute atomic E-state index is 10.3. The maximum atomic E-state index is 10.3. The Morgan fingerprint density at radius 2 is 2.06 bits per heavy atom. The monoisotopic (exact) mass is 241 g/mol. The molecule has 0 bridgehead atoms. The molecule has 0 atom stereocenters. The quantitative estimate of drug-likeness (QED) is 0.784. The zero-order valence-electron chi connectivity index (χ0n) is 10.8. The Kier molecular flexibility index (Phi) is 15.0. The SMILES string of the molecule is CC.CCOC(=O)CCN.Nc1ccccn1. The summed E-state index contributed by atoms with van der Waals surface area (Å²) >= 11 is 0. The molecule has 0 aliphatic rings. The lowest BCUT2D eigenvalue weighted by molar-refractivity contribution is -0.142. The molecule has 1 rings (SSSR count). The van der Waals surface area contributed by atoms with E-state index in [2.05, 4.69) is 9.72 Å². The lowest BCUT2D eigenvalue weighted by Crippen LogP contribution is -2.10. The molecular weight excluding hydrogens is 218 g/mol. The minimum Gasteiger partial charge on any atom is -0.466 e. The minimum atomic E-state index is -0.213. The van der Waals surface area contributed by atoms with E-state index in [0.717, 1.165) is 0 Å². The van der Waals surface area contributed by atoms with Crippen LogP contribution in [0.1, 0.15) is 27.2 Å². The van der Waals surface area contributed by atoms with Crippen molar-refractivity contribution in [2.24, 2.45) is 5.73 Å². The largest absolute Gasteiger partial charge is 0.466 e. The molecule has 1 heterocycles. The number of nitrogens with zero attached hydrogens (tertiary/aromatic N) is 1. The van der Waals surface area contributed by atoms with Gasteiger partial charge >= 0.3 is 5.97 Å². The van der Waals surface area contributed by atoms with Gasteiger partial charge in [-0.15, -0.1) is 0 Å². The van der Waals surface area contributed by atoms with E-state index in [0.29, 0.717) is 25.4 Å². The first-order valence-electron chi connectivity index (χ1n) is 5.72. The molecule has 98 valence electrons. The summed E-state index contributed by atoms with van der Waals surface area (Å²) < 4.78 is 4.56. The Hall–Kier alpha value is -1.62. The second kappa shape index (κ2) is 14.4. The Morgan fingerprint density at radius 1 is 1.41 bits per heavy atom. The molecule has 0 amide bonds. The number of esters is 1. The third kappa shape index (κ3) is 14.4. The van der Waals surface area contributed by atoms with Crippen molar-refractivity contribution in [3.63, 3.8) is 0 Å². The summed E-state index contributed by atoms with van der Waals surface area (Å²) in [7, 11) is 0. The summed E-state index contributed by atoms with van der Waals surface area (Å²) in [4.78, 5) is 14.1. The van der Waals surface area contributed by atoms with E-state index in [9.17, 15) is 4.79 Å². The summed E-state index contributed by atoms with van der Waals surface area (Å²) in [6.07, 6.45) is 1.99. The van der Waals surface area contributed by atoms with Crippen molar-refractivity contribution in [3.8, 4) is 0 Å². The third-order valence-corrected chi connectivity index (χ3v) is 1.34. The van der Waals surface area contributed by atoms with Crippen molar-refractivity contribution in [2.45, 2.75) is 27.2 Å². The molecule has 0 spiro atoms. The Labute approximate surface area is 103 Å². The van der Waals surface area contributed by atoms with Crippen molar-refractivity contribution in [3.05, 3.63) is 24.4 Å². The van der Waals surface area contributed by atoms with Gasteiger partial charge in [0.05, 0.1) is 13.0 Å². The Bertz CT molecular complexity index is 258. The Morgan fingerprint density at radius 3 is 2.35 bits per heavy atom. The normalized spacial score (nSPS) is 8.00. The predicted octanol–water partition coefficient (Wildman–Crippen LogP) is 1.59. The van der Waals surface area contributed by atoms with Crippen LogP contribution >= 0.6 is 0 Å². The molecule has 0 unspecified atom stereocenters. The average Bonchev–Trinajstić information content (AvgIpc) is 2.34. The fourth-order valence-electron chi connectivity index (χ4n) is 0.727. The number of pyridine rings is 1. The highest BCUT2D eigenvalue weighted by molar-refractivity contribution is 5.69. The van der Waals surface area contributed by atoms with Crippen LogP contribution in [-0.4, -0.2) is 24.1 Å². The summed E-state index contributed by atoms with van der Waals surface area (Å²) in [5, 5.41) is 0. The summed E-state index contributed by atoms with van der Waals surface area (Å²) in [5.74, 6) is 0.359. The molecular formula is C12H23N3O2. The van der Waals surface area contributed by atoms with Crippen molar-refractivity contribution >= 4 is 11.8 Å². The zero-order valence-corrected chi connectivity index (χ0v) is 10.8. The van der Waals surface area contributed by atoms with E-state index < -0.39 is 0 Å². The van der Waals surface area contributed by atoms with Crippen LogP contribution in [0.4, 0.5) is 5.82 Å². The van der Waals surface area contributed by atoms with Crippen LogP contribution in [0.2, 0.25) is 0 Å². The predicted molar refractivity (Wildman–Crippen MR) is 70.3 cm³/mol. The molecule has 4 N–H and O–H groups in total. The first kappa shape index (κ1) is 17.8. The number of carbonyl (C=O) groups is 1. The van der Waals surface area contributed by atoms with Gasteiger partial charge in [0.2, 0.25) is 0 Å². The number of rotatable bonds is 3. The highest BCUT2D eigenvalue weighted by Gasteiger charge is 1.95. The van der Waals surface area contributed by atoms with E-state index in [1.807, 2.05) is 26.0 Å². The van der Waals surface area contributed by atoms with Crippen molar-refractivity contribution in [1.29, 1.82) is 0 Å². The number of nitrogen functional groups attached to an aromatic ring is 1. The number of nitrogens with two attached hydrogens (primary N) is 2. The van der Waals surface area contributed by atoms with Crippen LogP contribution in [-0.2, 0) is 9.53 Å². The number of carbonyl (C=O) groups excluding carboxylic acids is 1. The van der Waals surface area contributed by atoms with Gasteiger partial charge in [0.1, 0.15) is 5.82 Å². The van der Waals surface area contributed by atoms with Crippen LogP contribution in [0.3, 0.4) is 0 Å². The fourth-order valence-corrected chi connectivity index (χ4v) is 0.727. The second-order valence-electron chi connectivity index (χ2n) is 2.60. The van der Waals surface area contributed by atoms with Crippen LogP contribution in [0.5, 0.6) is 0 Å². The minimum absolute atomic E-state index is 0.213. The van der Waals surface area contributed by atoms with Gasteiger partial charge in [-0.05, 0) is 19.1 Å². The summed E-state index contributed by atoms with van der Waals surface area (Å²) in [6.45, 7) is 6.59. The van der Waals surface area contributed by atoms with Crippen LogP contribution in [0.25, 0.3) is 0 Å². The number of aromatic nitrogens is 1. The maximum Gasteiger partial charge on any atom is 0.307 e. The highest BCUT2D eigenvalue weighted by atomic mass is 16.5. The molecule has 1 aromatic rings. The van der Waals surface area contributed by atoms with Crippen LogP contribution in [0.15, 0.2) is 24.4 Å². The van der Waals surface area contributed by atoms with Gasteiger partial charge in [0.15, 0.2) is 0 Å². The number of anilines is 1. The summed E-state index contributed by atoms with van der Waals surface area (Å²) in [6, 6.07) is 5.43. The van der Waals surface area contributed by atoms with Crippen molar-refractivity contribution < 1.29 is 9.53 Å². The lowest BCUT2D eigenvalue weighted by Gasteiger charge is -1.96. The molecule has 5 heteroatoms.